The molecule has 0 aliphatic carbocycles. The van der Waals surface area contributed by atoms with Crippen LogP contribution in [0, 0.1) is 17.2 Å². The number of ether oxygens (including phenoxy) is 1. The molecule has 4 rings (SSSR count). The maximum absolute atomic E-state index is 12.9. The summed E-state index contributed by atoms with van der Waals surface area (Å²) in [5, 5.41) is 9.00. The highest BCUT2D eigenvalue weighted by molar-refractivity contribution is 5.96. The van der Waals surface area contributed by atoms with Crippen molar-refractivity contribution in [1.29, 1.82) is 5.26 Å². The average molecular weight is 375 g/mol. The Morgan fingerprint density at radius 1 is 1.07 bits per heavy atom. The Bertz CT molecular complexity index is 908. The molecule has 2 fully saturated rings. The number of carbonyl (C=O) groups is 2. The molecule has 1 amide bonds. The van der Waals surface area contributed by atoms with Crippen molar-refractivity contribution in [3.63, 3.8) is 0 Å². The third-order valence-electron chi connectivity index (χ3n) is 5.64. The molecular formula is C22H21N3O3. The number of carbonyl (C=O) groups excluding carboxylic acids is 2. The smallest absolute Gasteiger partial charge is 0.410 e. The molecule has 1 aromatic carbocycles. The number of piperidine rings is 1. The van der Waals surface area contributed by atoms with E-state index < -0.39 is 0 Å². The van der Waals surface area contributed by atoms with Crippen LogP contribution in [-0.4, -0.2) is 33.8 Å². The van der Waals surface area contributed by atoms with Crippen LogP contribution in [-0.2, 0) is 11.3 Å². The Morgan fingerprint density at radius 2 is 1.79 bits per heavy atom. The number of pyridine rings is 1. The lowest BCUT2D eigenvalue weighted by atomic mass is 9.86. The van der Waals surface area contributed by atoms with Crippen LogP contribution in [0.15, 0.2) is 48.5 Å². The second-order valence-corrected chi connectivity index (χ2v) is 7.38. The minimum absolute atomic E-state index is 0.0233. The van der Waals surface area contributed by atoms with Crippen LogP contribution in [0.1, 0.15) is 47.4 Å². The van der Waals surface area contributed by atoms with Crippen LogP contribution in [0.3, 0.4) is 0 Å². The number of hydrogen-bond donors (Lipinski definition) is 0. The Morgan fingerprint density at radius 3 is 2.46 bits per heavy atom. The largest absolute Gasteiger partial charge is 0.445 e. The fourth-order valence-corrected chi connectivity index (χ4v) is 4.33. The SMILES string of the molecule is N#Cc1cccc(C(=O)C2CC3CCC(C2)N3C(=O)OCc2ccccc2)n1. The van der Waals surface area contributed by atoms with E-state index in [0.717, 1.165) is 18.4 Å². The summed E-state index contributed by atoms with van der Waals surface area (Å²) in [6, 6.07) is 16.6. The molecule has 6 heteroatoms. The first-order chi connectivity index (χ1) is 13.7. The van der Waals surface area contributed by atoms with Gasteiger partial charge in [-0.1, -0.05) is 36.4 Å². The van der Waals surface area contributed by atoms with E-state index >= 15 is 0 Å². The molecule has 2 atom stereocenters. The van der Waals surface area contributed by atoms with Gasteiger partial charge < -0.3 is 9.64 Å². The van der Waals surface area contributed by atoms with Crippen molar-refractivity contribution in [3.05, 3.63) is 65.5 Å². The molecule has 0 radical (unpaired) electrons. The lowest BCUT2D eigenvalue weighted by Gasteiger charge is -2.37. The van der Waals surface area contributed by atoms with Gasteiger partial charge >= 0.3 is 6.09 Å². The minimum Gasteiger partial charge on any atom is -0.445 e. The van der Waals surface area contributed by atoms with Crippen LogP contribution < -0.4 is 0 Å². The second kappa shape index (κ2) is 7.81. The molecule has 28 heavy (non-hydrogen) atoms. The maximum atomic E-state index is 12.9. The molecular weight excluding hydrogens is 354 g/mol. The number of benzene rings is 1. The molecule has 0 saturated carbocycles. The number of aromatic nitrogens is 1. The van der Waals surface area contributed by atoms with E-state index in [4.69, 9.17) is 10.00 Å². The van der Waals surface area contributed by atoms with Crippen molar-refractivity contribution in [2.45, 2.75) is 44.4 Å². The first-order valence-electron chi connectivity index (χ1n) is 9.56. The summed E-state index contributed by atoms with van der Waals surface area (Å²) in [6.45, 7) is 0.253. The number of Topliss-reactive ketones (excluding diaryl/α,β-unsaturated/α-hetero) is 1. The predicted octanol–water partition coefficient (Wildman–Crippen LogP) is 3.72. The van der Waals surface area contributed by atoms with Gasteiger partial charge in [-0.3, -0.25) is 4.79 Å². The summed E-state index contributed by atoms with van der Waals surface area (Å²) in [7, 11) is 0. The zero-order valence-corrected chi connectivity index (χ0v) is 15.5. The van der Waals surface area contributed by atoms with Gasteiger partial charge in [-0.15, -0.1) is 0 Å². The summed E-state index contributed by atoms with van der Waals surface area (Å²) in [5.74, 6) is -0.205. The number of fused-ring (bicyclic) bond motifs is 2. The Kier molecular flexibility index (Phi) is 5.07. The first kappa shape index (κ1) is 18.2. The fourth-order valence-electron chi connectivity index (χ4n) is 4.33. The third kappa shape index (κ3) is 3.61. The number of amides is 1. The molecule has 0 N–H and O–H groups in total. The molecule has 2 aliphatic heterocycles. The Labute approximate surface area is 163 Å². The van der Waals surface area contributed by atoms with Crippen molar-refractivity contribution < 1.29 is 14.3 Å². The second-order valence-electron chi connectivity index (χ2n) is 7.38. The zero-order chi connectivity index (χ0) is 19.5. The highest BCUT2D eigenvalue weighted by Gasteiger charge is 2.46. The number of hydrogen-bond acceptors (Lipinski definition) is 5. The first-order valence-corrected chi connectivity index (χ1v) is 9.56. The summed E-state index contributed by atoms with van der Waals surface area (Å²) in [5.41, 5.74) is 1.54. The zero-order valence-electron chi connectivity index (χ0n) is 15.5. The quantitative estimate of drug-likeness (QED) is 0.761. The lowest BCUT2D eigenvalue weighted by molar-refractivity contribution is 0.0483. The van der Waals surface area contributed by atoms with Crippen LogP contribution in [0.25, 0.3) is 0 Å². The molecule has 2 bridgehead atoms. The molecule has 2 aliphatic rings. The number of nitrogens with zero attached hydrogens (tertiary/aromatic N) is 3. The summed E-state index contributed by atoms with van der Waals surface area (Å²) in [6.07, 6.45) is 2.72. The minimum atomic E-state index is -0.299. The monoisotopic (exact) mass is 375 g/mol. The van der Waals surface area contributed by atoms with Crippen LogP contribution in [0.4, 0.5) is 4.79 Å². The van der Waals surface area contributed by atoms with Crippen molar-refractivity contribution in [3.8, 4) is 6.07 Å². The number of nitriles is 1. The maximum Gasteiger partial charge on any atom is 0.410 e. The van der Waals surface area contributed by atoms with Gasteiger partial charge in [-0.2, -0.15) is 5.26 Å². The van der Waals surface area contributed by atoms with Crippen molar-refractivity contribution in [2.75, 3.05) is 0 Å². The highest BCUT2D eigenvalue weighted by Crippen LogP contribution is 2.40. The number of ketones is 1. The van der Waals surface area contributed by atoms with E-state index in [1.54, 1.807) is 18.2 Å². The Hall–Kier alpha value is -3.20. The van der Waals surface area contributed by atoms with Crippen LogP contribution >= 0.6 is 0 Å². The van der Waals surface area contributed by atoms with Crippen molar-refractivity contribution in [1.82, 2.24) is 9.88 Å². The van der Waals surface area contributed by atoms with Crippen molar-refractivity contribution >= 4 is 11.9 Å². The molecule has 6 nitrogen and oxygen atoms in total. The van der Waals surface area contributed by atoms with Gasteiger partial charge in [0.2, 0.25) is 0 Å². The van der Waals surface area contributed by atoms with Gasteiger partial charge in [-0.25, -0.2) is 9.78 Å². The third-order valence-corrected chi connectivity index (χ3v) is 5.64. The standard InChI is InChI=1S/C22H21N3O3/c23-13-17-7-4-8-20(24-17)21(26)16-11-18-9-10-19(12-16)25(18)22(27)28-14-15-5-2-1-3-6-15/h1-8,16,18-19H,9-12,14H2. The normalized spacial score (nSPS) is 23.1. The molecule has 2 saturated heterocycles. The van der Waals surface area contributed by atoms with Gasteiger partial charge in [0.1, 0.15) is 24.1 Å². The van der Waals surface area contributed by atoms with Crippen molar-refractivity contribution in [2.24, 2.45) is 5.92 Å². The molecule has 0 spiro atoms. The molecule has 3 heterocycles. The average Bonchev–Trinajstić information content (AvgIpc) is 3.01. The summed E-state index contributed by atoms with van der Waals surface area (Å²) < 4.78 is 5.51. The van der Waals surface area contributed by atoms with Gasteiger partial charge in [0.05, 0.1) is 0 Å². The number of rotatable bonds is 4. The topological polar surface area (TPSA) is 83.3 Å². The molecule has 2 aromatic rings. The summed E-state index contributed by atoms with van der Waals surface area (Å²) >= 11 is 0. The Balaban J connectivity index is 1.40. The van der Waals surface area contributed by atoms with Gasteiger partial charge in [0.15, 0.2) is 5.78 Å². The van der Waals surface area contributed by atoms with E-state index in [0.29, 0.717) is 18.5 Å². The van der Waals surface area contributed by atoms with Gasteiger partial charge in [0.25, 0.3) is 0 Å². The predicted molar refractivity (Wildman–Crippen MR) is 101 cm³/mol. The van der Waals surface area contributed by atoms with Gasteiger partial charge in [0, 0.05) is 18.0 Å². The lowest BCUT2D eigenvalue weighted by Crippen LogP contribution is -2.48. The van der Waals surface area contributed by atoms with E-state index in [1.807, 2.05) is 41.3 Å². The van der Waals surface area contributed by atoms with E-state index in [2.05, 4.69) is 4.98 Å². The van der Waals surface area contributed by atoms with E-state index in [-0.39, 0.29) is 42.2 Å². The molecule has 2 unspecified atom stereocenters. The molecule has 142 valence electrons. The van der Waals surface area contributed by atoms with Gasteiger partial charge in [-0.05, 0) is 43.4 Å². The molecule has 1 aromatic heterocycles. The highest BCUT2D eigenvalue weighted by atomic mass is 16.6. The fraction of sp³-hybridized carbons (Fsp3) is 0.364. The summed E-state index contributed by atoms with van der Waals surface area (Å²) in [4.78, 5) is 31.5. The van der Waals surface area contributed by atoms with Crippen LogP contribution in [0.5, 0.6) is 0 Å². The van der Waals surface area contributed by atoms with E-state index in [1.165, 1.54) is 0 Å². The van der Waals surface area contributed by atoms with E-state index in [9.17, 15) is 9.59 Å². The van der Waals surface area contributed by atoms with Crippen LogP contribution in [0.2, 0.25) is 0 Å².